The second-order valence-corrected chi connectivity index (χ2v) is 7.76. The van der Waals surface area contributed by atoms with Crippen LogP contribution in [0.1, 0.15) is 33.6 Å². The predicted molar refractivity (Wildman–Crippen MR) is 115 cm³/mol. The van der Waals surface area contributed by atoms with Crippen LogP contribution in [0.2, 0.25) is 0 Å². The van der Waals surface area contributed by atoms with Crippen LogP contribution in [-0.4, -0.2) is 62.8 Å². The average Bonchev–Trinajstić information content (AvgIpc) is 3.19. The zero-order valence-corrected chi connectivity index (χ0v) is 18.0. The summed E-state index contributed by atoms with van der Waals surface area (Å²) in [6, 6.07) is 5.27. The van der Waals surface area contributed by atoms with Gasteiger partial charge in [0.1, 0.15) is 0 Å². The number of ether oxygens (including phenoxy) is 3. The van der Waals surface area contributed by atoms with Crippen molar-refractivity contribution in [1.82, 2.24) is 10.2 Å². The van der Waals surface area contributed by atoms with E-state index in [4.69, 9.17) is 19.5 Å². The molecule has 1 heterocycles. The molecule has 1 aliphatic heterocycles. The monoisotopic (exact) mass is 416 g/mol. The maximum atomic E-state index is 12.0. The number of nitrogens with one attached hydrogen (secondary N) is 2. The van der Waals surface area contributed by atoms with Gasteiger partial charge in [-0.15, -0.1) is 0 Å². The Morgan fingerprint density at radius 1 is 1.27 bits per heavy atom. The van der Waals surface area contributed by atoms with Crippen molar-refractivity contribution in [2.75, 3.05) is 38.7 Å². The Morgan fingerprint density at radius 3 is 2.63 bits per heavy atom. The molecule has 1 aliphatic rings. The van der Waals surface area contributed by atoms with Gasteiger partial charge in [-0.2, -0.15) is 0 Å². The van der Waals surface area contributed by atoms with Gasteiger partial charge in [0.25, 0.3) is 0 Å². The van der Waals surface area contributed by atoms with E-state index in [1.807, 2.05) is 0 Å². The summed E-state index contributed by atoms with van der Waals surface area (Å²) in [5.41, 5.74) is 0.0703. The van der Waals surface area contributed by atoms with E-state index in [9.17, 15) is 4.79 Å². The van der Waals surface area contributed by atoms with Gasteiger partial charge in [-0.25, -0.2) is 0 Å². The topological polar surface area (TPSA) is 105 Å². The molecule has 0 unspecified atom stereocenters. The minimum atomic E-state index is -0.684. The molecule has 0 spiro atoms. The first-order chi connectivity index (χ1) is 14.3. The van der Waals surface area contributed by atoms with E-state index in [1.165, 1.54) is 19.1 Å². The zero-order chi connectivity index (χ0) is 22.0. The van der Waals surface area contributed by atoms with Crippen molar-refractivity contribution in [3.05, 3.63) is 18.2 Å². The van der Waals surface area contributed by atoms with Crippen LogP contribution in [0.15, 0.2) is 18.2 Å². The third-order valence-corrected chi connectivity index (χ3v) is 4.17. The molecule has 162 valence electrons. The van der Waals surface area contributed by atoms with Crippen molar-refractivity contribution < 1.29 is 23.7 Å². The molecule has 10 heteroatoms. The summed E-state index contributed by atoms with van der Waals surface area (Å²) in [4.78, 5) is 14.4. The number of hydrogen-bond donors (Lipinski definition) is 2. The second-order valence-electron chi connectivity index (χ2n) is 7.76. The van der Waals surface area contributed by atoms with Gasteiger partial charge >= 0.3 is 178 Å². The Bertz CT molecular complexity index is 782. The molecule has 0 atom stereocenters. The van der Waals surface area contributed by atoms with E-state index in [-0.39, 0.29) is 5.71 Å². The van der Waals surface area contributed by atoms with Crippen LogP contribution >= 0.6 is 0 Å². The first kappa shape index (κ1) is 23.4. The number of nitriles is 1. The maximum absolute atomic E-state index is 12.0. The second kappa shape index (κ2) is 11.3. The Hall–Kier alpha value is -2.93. The number of carbonyl (C=O) groups excluding carboxylic acids is 1. The number of nitrogens with zero attached hydrogens (tertiary/aromatic N) is 2. The summed E-state index contributed by atoms with van der Waals surface area (Å²) in [5.74, 6) is 1.17. The number of anilines is 1. The fraction of sp³-hybridized carbons (Fsp3) is 0.550. The number of carbonyl (C=O) groups is 1. The fourth-order valence-corrected chi connectivity index (χ4v) is 2.90. The number of amides is 1. The molecule has 1 amide bonds. The molecular weight excluding hydrogens is 387 g/mol. The summed E-state index contributed by atoms with van der Waals surface area (Å²) < 4.78 is 21.1. The molecule has 0 saturated carbocycles. The third kappa shape index (κ3) is 8.21. The van der Waals surface area contributed by atoms with Gasteiger partial charge in [-0.1, -0.05) is 0 Å². The number of hydrogen-bond acceptors (Lipinski definition) is 8. The van der Waals surface area contributed by atoms with Crippen LogP contribution < -0.4 is 20.1 Å². The first-order valence-corrected chi connectivity index (χ1v) is 9.86. The van der Waals surface area contributed by atoms with Gasteiger partial charge in [0.05, 0.1) is 0 Å². The van der Waals surface area contributed by atoms with E-state index in [1.54, 1.807) is 46.1 Å². The summed E-state index contributed by atoms with van der Waals surface area (Å²) in [5, 5.41) is 14.1. The molecule has 0 bridgehead atoms. The SMILES string of the molecule is COc1cc(NC(=BOC#N)NC(=O)OC(C)(C)C)ccc1OCCN1CCCC1. The van der Waals surface area contributed by atoms with E-state index in [0.29, 0.717) is 23.8 Å². The quantitative estimate of drug-likeness (QED) is 0.467. The van der Waals surface area contributed by atoms with Gasteiger partial charge < -0.3 is 0 Å². The molecule has 1 aromatic carbocycles. The van der Waals surface area contributed by atoms with Crippen LogP contribution in [0.4, 0.5) is 10.5 Å². The van der Waals surface area contributed by atoms with Crippen molar-refractivity contribution in [2.45, 2.75) is 39.2 Å². The fourth-order valence-electron chi connectivity index (χ4n) is 2.90. The molecular formula is C20H29BN4O5. The van der Waals surface area contributed by atoms with Crippen LogP contribution in [-0.2, 0) is 9.39 Å². The molecule has 1 aromatic rings. The molecule has 0 aliphatic carbocycles. The Kier molecular flexibility index (Phi) is 8.80. The number of rotatable bonds is 9. The first-order valence-electron chi connectivity index (χ1n) is 9.86. The molecule has 0 radical (unpaired) electrons. The van der Waals surface area contributed by atoms with E-state index in [2.05, 4.69) is 20.2 Å². The minimum absolute atomic E-state index is 0.135. The van der Waals surface area contributed by atoms with Gasteiger partial charge in [0.2, 0.25) is 0 Å². The van der Waals surface area contributed by atoms with Crippen LogP contribution in [0.3, 0.4) is 0 Å². The molecule has 9 nitrogen and oxygen atoms in total. The summed E-state index contributed by atoms with van der Waals surface area (Å²) in [6.45, 7) is 8.95. The standard InChI is InChI=1S/C20H29BN4O5/c1-20(2,3)30-19(26)24-18(21-29-14-22)23-15-7-8-16(17(13-15)27-4)28-12-11-25-9-5-6-10-25/h7-8,13,23H,5-6,9-12H2,1-4H3,(H,24,26). The van der Waals surface area contributed by atoms with Crippen molar-refractivity contribution in [3.8, 4) is 17.8 Å². The summed E-state index contributed by atoms with van der Waals surface area (Å²) in [7, 11) is 2.64. The normalized spacial score (nSPS) is 14.3. The predicted octanol–water partition coefficient (Wildman–Crippen LogP) is 2.31. The number of benzene rings is 1. The Labute approximate surface area is 178 Å². The molecule has 1 saturated heterocycles. The summed E-state index contributed by atoms with van der Waals surface area (Å²) in [6.07, 6.45) is 3.33. The van der Waals surface area contributed by atoms with Crippen molar-refractivity contribution in [2.24, 2.45) is 0 Å². The van der Waals surface area contributed by atoms with E-state index in [0.717, 1.165) is 26.8 Å². The van der Waals surface area contributed by atoms with Gasteiger partial charge in [-0.3, -0.25) is 0 Å². The zero-order valence-electron chi connectivity index (χ0n) is 18.0. The molecule has 2 rings (SSSR count). The van der Waals surface area contributed by atoms with Crippen molar-refractivity contribution in [1.29, 1.82) is 5.26 Å². The number of methoxy groups -OCH3 is 1. The van der Waals surface area contributed by atoms with Gasteiger partial charge in [-0.05, 0) is 0 Å². The average molecular weight is 416 g/mol. The Morgan fingerprint density at radius 2 is 2.00 bits per heavy atom. The van der Waals surface area contributed by atoms with Crippen LogP contribution in [0, 0.1) is 11.5 Å². The van der Waals surface area contributed by atoms with E-state index < -0.39 is 11.7 Å². The van der Waals surface area contributed by atoms with E-state index >= 15 is 0 Å². The summed E-state index contributed by atoms with van der Waals surface area (Å²) >= 11 is 0. The van der Waals surface area contributed by atoms with Gasteiger partial charge in [0, 0.05) is 0 Å². The van der Waals surface area contributed by atoms with Crippen molar-refractivity contribution >= 4 is 24.6 Å². The van der Waals surface area contributed by atoms with Crippen LogP contribution in [0.25, 0.3) is 0 Å². The molecule has 2 N–H and O–H groups in total. The molecule has 30 heavy (non-hydrogen) atoms. The van der Waals surface area contributed by atoms with Crippen LogP contribution in [0.5, 0.6) is 11.5 Å². The number of alkyl carbamates (subject to hydrolysis) is 1. The Balaban J connectivity index is 2.00. The van der Waals surface area contributed by atoms with Crippen molar-refractivity contribution in [3.63, 3.8) is 0 Å². The molecule has 1 fully saturated rings. The third-order valence-electron chi connectivity index (χ3n) is 4.17. The van der Waals surface area contributed by atoms with Gasteiger partial charge in [0.15, 0.2) is 0 Å². The molecule has 0 aromatic heterocycles. The number of likely N-dealkylation sites (tertiary alicyclic amines) is 1.